The van der Waals surface area contributed by atoms with Crippen molar-refractivity contribution < 1.29 is 4.79 Å². The Bertz CT molecular complexity index is 745. The average molecular weight is 415 g/mol. The van der Waals surface area contributed by atoms with Gasteiger partial charge in [0.15, 0.2) is 0 Å². The first kappa shape index (κ1) is 17.8. The summed E-state index contributed by atoms with van der Waals surface area (Å²) in [6.45, 7) is 7.24. The number of likely N-dealkylation sites (tertiary alicyclic amines) is 1. The number of benzene rings is 1. The van der Waals surface area contributed by atoms with Crippen molar-refractivity contribution in [3.8, 4) is 0 Å². The number of para-hydroxylation sites is 1. The number of halogens is 1. The third kappa shape index (κ3) is 3.13. The third-order valence-corrected chi connectivity index (χ3v) is 6.90. The Kier molecular flexibility index (Phi) is 4.72. The van der Waals surface area contributed by atoms with Gasteiger partial charge in [0.25, 0.3) is 0 Å². The monoisotopic (exact) mass is 414 g/mol. The molecule has 1 aliphatic carbocycles. The van der Waals surface area contributed by atoms with Crippen LogP contribution in [-0.4, -0.2) is 30.4 Å². The Labute approximate surface area is 164 Å². The van der Waals surface area contributed by atoms with Gasteiger partial charge >= 0.3 is 0 Å². The van der Waals surface area contributed by atoms with Crippen LogP contribution >= 0.6 is 15.9 Å². The van der Waals surface area contributed by atoms with Crippen LogP contribution in [0.25, 0.3) is 0 Å². The van der Waals surface area contributed by atoms with Gasteiger partial charge in [0.1, 0.15) is 0 Å². The lowest BCUT2D eigenvalue weighted by molar-refractivity contribution is -0.135. The molecular formula is C22H27BrN2O. The highest BCUT2D eigenvalue weighted by atomic mass is 79.9. The molecule has 1 aromatic rings. The summed E-state index contributed by atoms with van der Waals surface area (Å²) >= 11 is 3.61. The molecule has 2 heterocycles. The topological polar surface area (TPSA) is 23.6 Å². The summed E-state index contributed by atoms with van der Waals surface area (Å²) in [5, 5.41) is 0. The van der Waals surface area contributed by atoms with Crippen LogP contribution in [0.1, 0.15) is 33.1 Å². The smallest absolute Gasteiger partial charge is 0.233 e. The van der Waals surface area contributed by atoms with E-state index in [9.17, 15) is 4.79 Å². The quantitative estimate of drug-likeness (QED) is 0.697. The number of hydrogen-bond acceptors (Lipinski definition) is 2. The Hall–Kier alpha value is -1.55. The lowest BCUT2D eigenvalue weighted by Gasteiger charge is -2.35. The van der Waals surface area contributed by atoms with E-state index in [0.717, 1.165) is 43.4 Å². The highest BCUT2D eigenvalue weighted by Gasteiger charge is 2.51. The van der Waals surface area contributed by atoms with Gasteiger partial charge in [-0.1, -0.05) is 54.1 Å². The Morgan fingerprint density at radius 2 is 1.85 bits per heavy atom. The first-order chi connectivity index (χ1) is 12.5. The first-order valence-electron chi connectivity index (χ1n) is 9.66. The highest BCUT2D eigenvalue weighted by Crippen LogP contribution is 2.49. The molecule has 1 unspecified atom stereocenters. The van der Waals surface area contributed by atoms with E-state index in [1.54, 1.807) is 0 Å². The molecule has 2 aliphatic heterocycles. The SMILES string of the molecule is CC1(C)C(=O)N(CC2CCN(c3ccccc3)CC2)C2=CC(Br)=CCC21. The number of carbonyl (C=O) groups excluding carboxylic acids is 1. The number of nitrogens with zero attached hydrogens (tertiary/aromatic N) is 2. The second kappa shape index (κ2) is 6.88. The lowest BCUT2D eigenvalue weighted by Crippen LogP contribution is -2.40. The molecular weight excluding hydrogens is 388 g/mol. The molecule has 1 atom stereocenters. The van der Waals surface area contributed by atoms with Crippen LogP contribution in [0.2, 0.25) is 0 Å². The summed E-state index contributed by atoms with van der Waals surface area (Å²) in [5.41, 5.74) is 2.24. The van der Waals surface area contributed by atoms with Crippen molar-refractivity contribution in [1.82, 2.24) is 4.90 Å². The van der Waals surface area contributed by atoms with E-state index in [1.807, 2.05) is 0 Å². The zero-order valence-electron chi connectivity index (χ0n) is 15.6. The van der Waals surface area contributed by atoms with Crippen molar-refractivity contribution in [3.63, 3.8) is 0 Å². The summed E-state index contributed by atoms with van der Waals surface area (Å²) < 4.78 is 1.11. The Morgan fingerprint density at radius 1 is 1.15 bits per heavy atom. The molecule has 4 heteroatoms. The number of anilines is 1. The normalized spacial score (nSPS) is 25.8. The van der Waals surface area contributed by atoms with Gasteiger partial charge < -0.3 is 9.80 Å². The molecule has 2 fully saturated rings. The summed E-state index contributed by atoms with van der Waals surface area (Å²) in [5.74, 6) is 1.20. The summed E-state index contributed by atoms with van der Waals surface area (Å²) in [7, 11) is 0. The van der Waals surface area contributed by atoms with Crippen LogP contribution in [0.4, 0.5) is 5.69 Å². The molecule has 1 aromatic carbocycles. The summed E-state index contributed by atoms with van der Waals surface area (Å²) in [6.07, 6.45) is 7.61. The van der Waals surface area contributed by atoms with Crippen LogP contribution in [0.15, 0.2) is 52.7 Å². The van der Waals surface area contributed by atoms with E-state index in [1.165, 1.54) is 11.4 Å². The molecule has 0 saturated carbocycles. The van der Waals surface area contributed by atoms with E-state index >= 15 is 0 Å². The molecule has 2 saturated heterocycles. The van der Waals surface area contributed by atoms with Crippen molar-refractivity contribution in [1.29, 1.82) is 0 Å². The predicted octanol–water partition coefficient (Wildman–Crippen LogP) is 4.95. The van der Waals surface area contributed by atoms with Gasteiger partial charge in [-0.3, -0.25) is 4.79 Å². The zero-order valence-corrected chi connectivity index (χ0v) is 17.2. The molecule has 26 heavy (non-hydrogen) atoms. The van der Waals surface area contributed by atoms with Crippen molar-refractivity contribution in [3.05, 3.63) is 52.7 Å². The fraction of sp³-hybridized carbons (Fsp3) is 0.500. The van der Waals surface area contributed by atoms with Crippen molar-refractivity contribution >= 4 is 27.5 Å². The average Bonchev–Trinajstić information content (AvgIpc) is 2.83. The minimum Gasteiger partial charge on any atom is -0.372 e. The van der Waals surface area contributed by atoms with Crippen molar-refractivity contribution in [2.45, 2.75) is 33.1 Å². The second-order valence-corrected chi connectivity index (χ2v) is 9.27. The maximum absolute atomic E-state index is 13.1. The number of piperidine rings is 1. The van der Waals surface area contributed by atoms with Gasteiger partial charge in [-0.05, 0) is 43.4 Å². The molecule has 138 valence electrons. The van der Waals surface area contributed by atoms with Crippen molar-refractivity contribution in [2.24, 2.45) is 17.3 Å². The Balaban J connectivity index is 1.44. The van der Waals surface area contributed by atoms with Crippen LogP contribution in [0, 0.1) is 17.3 Å². The van der Waals surface area contributed by atoms with E-state index in [-0.39, 0.29) is 5.41 Å². The van der Waals surface area contributed by atoms with Crippen LogP contribution in [-0.2, 0) is 4.79 Å². The number of carbonyl (C=O) groups is 1. The molecule has 1 amide bonds. The Morgan fingerprint density at radius 3 is 2.54 bits per heavy atom. The van der Waals surface area contributed by atoms with Gasteiger partial charge in [0, 0.05) is 41.4 Å². The van der Waals surface area contributed by atoms with Crippen LogP contribution in [0.5, 0.6) is 0 Å². The molecule has 0 N–H and O–H groups in total. The van der Waals surface area contributed by atoms with Crippen molar-refractivity contribution in [2.75, 3.05) is 24.5 Å². The number of allylic oxidation sites excluding steroid dienone is 4. The van der Waals surface area contributed by atoms with E-state index in [2.05, 4.69) is 82.1 Å². The van der Waals surface area contributed by atoms with E-state index in [4.69, 9.17) is 0 Å². The second-order valence-electron chi connectivity index (χ2n) is 8.35. The van der Waals surface area contributed by atoms with Crippen LogP contribution in [0.3, 0.4) is 0 Å². The lowest BCUT2D eigenvalue weighted by atomic mass is 9.77. The predicted molar refractivity (Wildman–Crippen MR) is 110 cm³/mol. The first-order valence-corrected chi connectivity index (χ1v) is 10.5. The van der Waals surface area contributed by atoms with Gasteiger partial charge in [-0.2, -0.15) is 0 Å². The van der Waals surface area contributed by atoms with E-state index in [0.29, 0.717) is 17.7 Å². The maximum Gasteiger partial charge on any atom is 0.233 e. The number of amides is 1. The minimum atomic E-state index is -0.291. The molecule has 3 nitrogen and oxygen atoms in total. The number of rotatable bonds is 3. The number of hydrogen-bond donors (Lipinski definition) is 0. The number of fused-ring (bicyclic) bond motifs is 1. The van der Waals surface area contributed by atoms with Gasteiger partial charge in [-0.25, -0.2) is 0 Å². The zero-order chi connectivity index (χ0) is 18.3. The molecule has 3 aliphatic rings. The largest absolute Gasteiger partial charge is 0.372 e. The highest BCUT2D eigenvalue weighted by molar-refractivity contribution is 9.11. The van der Waals surface area contributed by atoms with E-state index < -0.39 is 0 Å². The van der Waals surface area contributed by atoms with Gasteiger partial charge in [0.2, 0.25) is 5.91 Å². The fourth-order valence-corrected chi connectivity index (χ4v) is 5.08. The summed E-state index contributed by atoms with van der Waals surface area (Å²) in [4.78, 5) is 17.7. The molecule has 0 spiro atoms. The molecule has 4 rings (SSSR count). The fourth-order valence-electron chi connectivity index (χ4n) is 4.66. The van der Waals surface area contributed by atoms with Crippen LogP contribution < -0.4 is 4.90 Å². The maximum atomic E-state index is 13.1. The van der Waals surface area contributed by atoms with Gasteiger partial charge in [0.05, 0.1) is 5.41 Å². The molecule has 0 radical (unpaired) electrons. The standard InChI is InChI=1S/C22H27BrN2O/c1-22(2)19-9-8-17(23)14-20(19)25(21(22)26)15-16-10-12-24(13-11-16)18-6-4-3-5-7-18/h3-8,14,16,19H,9-13,15H2,1-2H3. The molecule has 0 bridgehead atoms. The third-order valence-electron chi connectivity index (χ3n) is 6.35. The molecule has 0 aromatic heterocycles. The summed E-state index contributed by atoms with van der Waals surface area (Å²) in [6, 6.07) is 10.7. The minimum absolute atomic E-state index is 0.291. The van der Waals surface area contributed by atoms with Gasteiger partial charge in [-0.15, -0.1) is 0 Å².